The quantitative estimate of drug-likeness (QED) is 0.731. The number of halogens is 2. The standard InChI is InChI=1S/C8H16N2.2ClH/c1-10(2)5-8-6-3-9-4-7(6)8;;/h6-9H,3-5H2,1-2H3;2*1H/t6-,7+,8?;;. The normalized spacial score (nSPS) is 36.8. The fourth-order valence-electron chi connectivity index (χ4n) is 2.24. The number of nitrogens with zero attached hydrogens (tertiary/aromatic N) is 1. The highest BCUT2D eigenvalue weighted by Crippen LogP contribution is 2.48. The van der Waals surface area contributed by atoms with E-state index >= 15 is 0 Å². The minimum atomic E-state index is 0. The third-order valence-electron chi connectivity index (χ3n) is 2.84. The molecule has 0 radical (unpaired) electrons. The van der Waals surface area contributed by atoms with Crippen LogP contribution in [-0.4, -0.2) is 38.6 Å². The predicted octanol–water partition coefficient (Wildman–Crippen LogP) is 0.857. The summed E-state index contributed by atoms with van der Waals surface area (Å²) >= 11 is 0. The van der Waals surface area contributed by atoms with Crippen LogP contribution in [0.25, 0.3) is 0 Å². The summed E-state index contributed by atoms with van der Waals surface area (Å²) in [6.07, 6.45) is 0. The van der Waals surface area contributed by atoms with Gasteiger partial charge < -0.3 is 10.2 Å². The fraction of sp³-hybridized carbons (Fsp3) is 1.00. The number of hydrogen-bond donors (Lipinski definition) is 1. The van der Waals surface area contributed by atoms with E-state index < -0.39 is 0 Å². The molecule has 2 fully saturated rings. The van der Waals surface area contributed by atoms with E-state index in [1.807, 2.05) is 0 Å². The lowest BCUT2D eigenvalue weighted by atomic mass is 10.3. The molecule has 12 heavy (non-hydrogen) atoms. The van der Waals surface area contributed by atoms with Gasteiger partial charge in [-0.05, 0) is 44.9 Å². The lowest BCUT2D eigenvalue weighted by Gasteiger charge is -2.10. The molecule has 1 saturated heterocycles. The predicted molar refractivity (Wildman–Crippen MR) is 56.4 cm³/mol. The summed E-state index contributed by atoms with van der Waals surface area (Å²) in [4.78, 5) is 2.31. The second-order valence-corrected chi connectivity index (χ2v) is 3.91. The first-order valence-electron chi connectivity index (χ1n) is 4.14. The van der Waals surface area contributed by atoms with Crippen LogP contribution < -0.4 is 5.32 Å². The number of fused-ring (bicyclic) bond motifs is 1. The average molecular weight is 213 g/mol. The molecule has 0 aromatic rings. The summed E-state index contributed by atoms with van der Waals surface area (Å²) in [6.45, 7) is 3.86. The van der Waals surface area contributed by atoms with Gasteiger partial charge in [-0.2, -0.15) is 0 Å². The SMILES string of the molecule is CN(C)CC1[C@H]2CNC[C@@H]12.Cl.Cl. The maximum absolute atomic E-state index is 3.41. The lowest BCUT2D eigenvalue weighted by molar-refractivity contribution is 0.362. The zero-order chi connectivity index (χ0) is 7.14. The van der Waals surface area contributed by atoms with Gasteiger partial charge in [-0.3, -0.25) is 0 Å². The van der Waals surface area contributed by atoms with Gasteiger partial charge in [0, 0.05) is 6.54 Å². The highest BCUT2D eigenvalue weighted by molar-refractivity contribution is 5.85. The Balaban J connectivity index is 0.000000605. The number of rotatable bonds is 2. The van der Waals surface area contributed by atoms with Gasteiger partial charge >= 0.3 is 0 Å². The van der Waals surface area contributed by atoms with Crippen LogP contribution >= 0.6 is 24.8 Å². The zero-order valence-corrected chi connectivity index (χ0v) is 9.25. The van der Waals surface area contributed by atoms with Crippen molar-refractivity contribution in [2.24, 2.45) is 17.8 Å². The Kier molecular flexibility index (Phi) is 4.85. The molecule has 0 aromatic heterocycles. The first kappa shape index (κ1) is 12.5. The van der Waals surface area contributed by atoms with Crippen molar-refractivity contribution in [3.63, 3.8) is 0 Å². The molecule has 0 bridgehead atoms. The van der Waals surface area contributed by atoms with E-state index in [-0.39, 0.29) is 24.8 Å². The summed E-state index contributed by atoms with van der Waals surface area (Å²) in [5, 5.41) is 3.41. The topological polar surface area (TPSA) is 15.3 Å². The van der Waals surface area contributed by atoms with Crippen LogP contribution in [0.4, 0.5) is 0 Å². The van der Waals surface area contributed by atoms with E-state index in [0.29, 0.717) is 0 Å². The monoisotopic (exact) mass is 212 g/mol. The van der Waals surface area contributed by atoms with Crippen LogP contribution in [-0.2, 0) is 0 Å². The van der Waals surface area contributed by atoms with Gasteiger partial charge in [-0.15, -0.1) is 24.8 Å². The molecule has 1 aliphatic heterocycles. The summed E-state index contributed by atoms with van der Waals surface area (Å²) in [5.74, 6) is 3.08. The number of hydrogen-bond acceptors (Lipinski definition) is 2. The third-order valence-corrected chi connectivity index (χ3v) is 2.84. The molecular weight excluding hydrogens is 195 g/mol. The summed E-state index contributed by atoms with van der Waals surface area (Å²) in [6, 6.07) is 0. The Morgan fingerprint density at radius 1 is 1.17 bits per heavy atom. The molecular formula is C8H18Cl2N2. The van der Waals surface area contributed by atoms with Gasteiger partial charge in [-0.1, -0.05) is 0 Å². The number of nitrogens with one attached hydrogen (secondary N) is 1. The molecule has 0 aromatic carbocycles. The van der Waals surface area contributed by atoms with Crippen molar-refractivity contribution in [2.75, 3.05) is 33.7 Å². The molecule has 4 heteroatoms. The Bertz CT molecular complexity index is 131. The van der Waals surface area contributed by atoms with E-state index in [9.17, 15) is 0 Å². The van der Waals surface area contributed by atoms with Gasteiger partial charge in [0.15, 0.2) is 0 Å². The Morgan fingerprint density at radius 2 is 1.67 bits per heavy atom. The van der Waals surface area contributed by atoms with E-state index in [0.717, 1.165) is 17.8 Å². The van der Waals surface area contributed by atoms with Crippen molar-refractivity contribution in [2.45, 2.75) is 0 Å². The van der Waals surface area contributed by atoms with Crippen molar-refractivity contribution < 1.29 is 0 Å². The van der Waals surface area contributed by atoms with E-state index in [4.69, 9.17) is 0 Å². The number of piperidine rings is 1. The minimum absolute atomic E-state index is 0. The molecule has 2 rings (SSSR count). The van der Waals surface area contributed by atoms with Crippen LogP contribution in [0, 0.1) is 17.8 Å². The molecule has 0 spiro atoms. The van der Waals surface area contributed by atoms with Gasteiger partial charge in [0.05, 0.1) is 0 Å². The minimum Gasteiger partial charge on any atom is -0.316 e. The van der Waals surface area contributed by atoms with E-state index in [1.54, 1.807) is 0 Å². The first-order chi connectivity index (χ1) is 4.79. The summed E-state index contributed by atoms with van der Waals surface area (Å²) < 4.78 is 0. The Hall–Kier alpha value is 0.500. The Labute approximate surface area is 86.9 Å². The second kappa shape index (κ2) is 4.66. The molecule has 1 aliphatic carbocycles. The van der Waals surface area contributed by atoms with Crippen LogP contribution in [0.15, 0.2) is 0 Å². The molecule has 2 nitrogen and oxygen atoms in total. The van der Waals surface area contributed by atoms with Crippen molar-refractivity contribution in [3.05, 3.63) is 0 Å². The molecule has 1 heterocycles. The fourth-order valence-corrected chi connectivity index (χ4v) is 2.24. The Morgan fingerprint density at radius 3 is 2.08 bits per heavy atom. The zero-order valence-electron chi connectivity index (χ0n) is 7.62. The highest BCUT2D eigenvalue weighted by atomic mass is 35.5. The molecule has 3 atom stereocenters. The van der Waals surface area contributed by atoms with Gasteiger partial charge in [0.1, 0.15) is 0 Å². The third kappa shape index (κ3) is 2.25. The van der Waals surface area contributed by atoms with E-state index in [2.05, 4.69) is 24.3 Å². The molecule has 1 saturated carbocycles. The highest BCUT2D eigenvalue weighted by Gasteiger charge is 2.52. The van der Waals surface area contributed by atoms with Crippen LogP contribution in [0.3, 0.4) is 0 Å². The van der Waals surface area contributed by atoms with Crippen molar-refractivity contribution >= 4 is 24.8 Å². The van der Waals surface area contributed by atoms with Crippen LogP contribution in [0.5, 0.6) is 0 Å². The van der Waals surface area contributed by atoms with E-state index in [1.165, 1.54) is 19.6 Å². The molecule has 2 aliphatic rings. The first-order valence-corrected chi connectivity index (χ1v) is 4.14. The summed E-state index contributed by atoms with van der Waals surface area (Å²) in [5.41, 5.74) is 0. The lowest BCUT2D eigenvalue weighted by Crippen LogP contribution is -2.22. The van der Waals surface area contributed by atoms with Crippen LogP contribution in [0.1, 0.15) is 0 Å². The largest absolute Gasteiger partial charge is 0.316 e. The maximum Gasteiger partial charge on any atom is 0.00100 e. The van der Waals surface area contributed by atoms with Gasteiger partial charge in [0.25, 0.3) is 0 Å². The van der Waals surface area contributed by atoms with Crippen molar-refractivity contribution in [1.29, 1.82) is 0 Å². The summed E-state index contributed by atoms with van der Waals surface area (Å²) in [7, 11) is 4.34. The molecule has 0 amide bonds. The molecule has 74 valence electrons. The van der Waals surface area contributed by atoms with Crippen molar-refractivity contribution in [1.82, 2.24) is 10.2 Å². The van der Waals surface area contributed by atoms with Crippen LogP contribution in [0.2, 0.25) is 0 Å². The average Bonchev–Trinajstić information content (AvgIpc) is 2.40. The van der Waals surface area contributed by atoms with Gasteiger partial charge in [-0.25, -0.2) is 0 Å². The molecule has 1 unspecified atom stereocenters. The smallest absolute Gasteiger partial charge is 0.00100 e. The van der Waals surface area contributed by atoms with Gasteiger partial charge in [0.2, 0.25) is 0 Å². The second-order valence-electron chi connectivity index (χ2n) is 3.91. The van der Waals surface area contributed by atoms with Crippen molar-refractivity contribution in [3.8, 4) is 0 Å². The molecule has 1 N–H and O–H groups in total. The maximum atomic E-state index is 3.41.